The van der Waals surface area contributed by atoms with Crippen molar-refractivity contribution in [2.75, 3.05) is 34.8 Å². The lowest BCUT2D eigenvalue weighted by Gasteiger charge is -2.16. The smallest absolute Gasteiger partial charge is 0.326 e. The molecule has 2 fully saturated rings. The third-order valence-electron chi connectivity index (χ3n) is 8.73. The number of carboxylic acid groups (broad SMARTS) is 1. The average molecular weight is 964 g/mol. The number of amides is 2. The zero-order valence-corrected chi connectivity index (χ0v) is 36.1. The summed E-state index contributed by atoms with van der Waals surface area (Å²) in [6.45, 7) is -0.837. The molecule has 61 heavy (non-hydrogen) atoms. The number of aliphatic carboxylic acids is 1. The molecule has 2 heterocycles. The standard InChI is InChI=1S/C19H21N3O8S2.C16H15Cl2N3O6S2/c23-17-11-14(3-7-16(17)22-12-18(24)21-32(22,29)30)9-10-20-31(27,28)15-5-1-13(2-6-15)4-8-19(25)26;17-12-3-2-11(8-13(12)18)28(24,25)19-6-5-10-1-4-14(15(22)7-10)21-9-16(23)20-29(21,26)27/h1-3,5-7,11,20,23H,4,8-10,12H2,(H,21,24)(H,25,26);1-4,7-8,19,22H,5-6,9H2,(H,20,23). The Kier molecular flexibility index (Phi) is 14.5. The number of carbonyl (C=O) groups is 3. The molecule has 4 aromatic carbocycles. The first-order valence-electron chi connectivity index (χ1n) is 17.5. The second kappa shape index (κ2) is 18.8. The van der Waals surface area contributed by atoms with E-state index in [0.29, 0.717) is 23.1 Å². The molecule has 0 radical (unpaired) electrons. The van der Waals surface area contributed by atoms with Gasteiger partial charge in [0, 0.05) is 19.5 Å². The van der Waals surface area contributed by atoms with Crippen molar-refractivity contribution in [1.82, 2.24) is 18.9 Å². The number of carboxylic acids is 1. The number of phenolic OH excluding ortho intramolecular Hbond substituents is 2. The predicted octanol–water partition coefficient (Wildman–Crippen LogP) is 1.51. The maximum atomic E-state index is 12.4. The Morgan fingerprint density at radius 2 is 1.05 bits per heavy atom. The summed E-state index contributed by atoms with van der Waals surface area (Å²) in [5.74, 6) is -3.06. The summed E-state index contributed by atoms with van der Waals surface area (Å²) >= 11 is 11.6. The number of rotatable bonds is 15. The largest absolute Gasteiger partial charge is 0.506 e. The summed E-state index contributed by atoms with van der Waals surface area (Å²) in [6.07, 6.45) is 0.685. The number of phenols is 2. The molecule has 0 bridgehead atoms. The zero-order chi connectivity index (χ0) is 44.9. The quantitative estimate of drug-likeness (QED) is 0.0889. The van der Waals surface area contributed by atoms with Gasteiger partial charge < -0.3 is 15.3 Å². The van der Waals surface area contributed by atoms with Gasteiger partial charge in [0.05, 0.1) is 31.2 Å². The second-order valence-electron chi connectivity index (χ2n) is 13.1. The fourth-order valence-electron chi connectivity index (χ4n) is 5.75. The highest BCUT2D eigenvalue weighted by Gasteiger charge is 2.36. The van der Waals surface area contributed by atoms with Gasteiger partial charge in [-0.1, -0.05) is 47.5 Å². The minimum atomic E-state index is -4.05. The van der Waals surface area contributed by atoms with Gasteiger partial charge in [-0.25, -0.2) is 44.3 Å². The van der Waals surface area contributed by atoms with Crippen molar-refractivity contribution in [3.8, 4) is 11.5 Å². The number of nitrogens with zero attached hydrogens (tertiary/aromatic N) is 2. The topological polar surface area (TPSA) is 303 Å². The third kappa shape index (κ3) is 12.0. The maximum Gasteiger partial charge on any atom is 0.326 e. The van der Waals surface area contributed by atoms with E-state index in [0.717, 1.165) is 8.61 Å². The molecule has 26 heteroatoms. The van der Waals surface area contributed by atoms with Crippen LogP contribution in [0, 0.1) is 0 Å². The van der Waals surface area contributed by atoms with Crippen LogP contribution in [0.3, 0.4) is 0 Å². The van der Waals surface area contributed by atoms with E-state index >= 15 is 0 Å². The lowest BCUT2D eigenvalue weighted by molar-refractivity contribution is -0.137. The Morgan fingerprint density at radius 1 is 0.623 bits per heavy atom. The Morgan fingerprint density at radius 3 is 1.44 bits per heavy atom. The summed E-state index contributed by atoms with van der Waals surface area (Å²) in [4.78, 5) is 33.3. The van der Waals surface area contributed by atoms with Crippen LogP contribution in [0.2, 0.25) is 10.0 Å². The number of aromatic hydroxyl groups is 2. The van der Waals surface area contributed by atoms with Crippen molar-refractivity contribution in [3.05, 3.63) is 106 Å². The average Bonchev–Trinajstić information content (AvgIpc) is 3.61. The lowest BCUT2D eigenvalue weighted by atomic mass is 10.1. The molecule has 0 saturated carbocycles. The van der Waals surface area contributed by atoms with Gasteiger partial charge in [0.2, 0.25) is 20.0 Å². The molecule has 0 unspecified atom stereocenters. The summed E-state index contributed by atoms with van der Waals surface area (Å²) < 4.78 is 107. The number of benzene rings is 4. The van der Waals surface area contributed by atoms with Gasteiger partial charge in [0.1, 0.15) is 24.6 Å². The van der Waals surface area contributed by atoms with Gasteiger partial charge in [0.25, 0.3) is 11.8 Å². The van der Waals surface area contributed by atoms with E-state index in [1.165, 1.54) is 66.7 Å². The first-order chi connectivity index (χ1) is 28.5. The monoisotopic (exact) mass is 962 g/mol. The normalized spacial score (nSPS) is 15.8. The number of aryl methyl sites for hydroxylation is 1. The van der Waals surface area contributed by atoms with E-state index in [-0.39, 0.29) is 75.1 Å². The molecule has 20 nitrogen and oxygen atoms in total. The molecule has 328 valence electrons. The molecule has 0 aliphatic carbocycles. The molecule has 7 N–H and O–H groups in total. The number of nitrogens with one attached hydrogen (secondary N) is 4. The lowest BCUT2D eigenvalue weighted by Crippen LogP contribution is -2.29. The fraction of sp³-hybridized carbons (Fsp3) is 0.229. The highest BCUT2D eigenvalue weighted by Crippen LogP contribution is 2.33. The Labute approximate surface area is 360 Å². The maximum absolute atomic E-state index is 12.4. The molecule has 2 amide bonds. The van der Waals surface area contributed by atoms with E-state index in [9.17, 15) is 58.3 Å². The van der Waals surface area contributed by atoms with Crippen molar-refractivity contribution in [2.45, 2.75) is 35.5 Å². The van der Waals surface area contributed by atoms with Crippen molar-refractivity contribution < 1.29 is 63.4 Å². The first kappa shape index (κ1) is 46.8. The van der Waals surface area contributed by atoms with Crippen LogP contribution in [-0.2, 0) is 74.1 Å². The SMILES string of the molecule is O=C(O)CCc1ccc(S(=O)(=O)NCCc2ccc(N3CC(=O)NS3(=O)=O)c(O)c2)cc1.O=C1CN(c2ccc(CCNS(=O)(=O)c3ccc(Cl)c(Cl)c3)cc2O)S(=O)(=O)N1. The third-order valence-corrected chi connectivity index (χ3v) is 15.2. The number of hydrogen-bond donors (Lipinski definition) is 7. The van der Waals surface area contributed by atoms with Crippen LogP contribution in [0.4, 0.5) is 11.4 Å². The number of anilines is 2. The van der Waals surface area contributed by atoms with Crippen molar-refractivity contribution in [1.29, 1.82) is 0 Å². The Bertz CT molecular complexity index is 2810. The van der Waals surface area contributed by atoms with Crippen molar-refractivity contribution in [3.63, 3.8) is 0 Å². The van der Waals surface area contributed by atoms with Gasteiger partial charge in [-0.05, 0) is 90.6 Å². The molecule has 0 atom stereocenters. The van der Waals surface area contributed by atoms with Crippen LogP contribution in [0.25, 0.3) is 0 Å². The summed E-state index contributed by atoms with van der Waals surface area (Å²) in [6, 6.07) is 18.2. The minimum Gasteiger partial charge on any atom is -0.506 e. The number of hydrogen-bond acceptors (Lipinski definition) is 13. The van der Waals surface area contributed by atoms with Gasteiger partial charge in [-0.15, -0.1) is 0 Å². The molecule has 2 saturated heterocycles. The van der Waals surface area contributed by atoms with E-state index in [4.69, 9.17) is 28.3 Å². The minimum absolute atomic E-state index is 0.0173. The van der Waals surface area contributed by atoms with Gasteiger partial charge >= 0.3 is 26.4 Å². The second-order valence-corrected chi connectivity index (χ2v) is 20.7. The van der Waals surface area contributed by atoms with Gasteiger partial charge in [-0.2, -0.15) is 16.8 Å². The summed E-state index contributed by atoms with van der Waals surface area (Å²) in [5.41, 5.74) is 1.70. The van der Waals surface area contributed by atoms with E-state index in [1.807, 2.05) is 9.44 Å². The number of halogens is 2. The van der Waals surface area contributed by atoms with Crippen LogP contribution in [-0.4, -0.2) is 93.0 Å². The van der Waals surface area contributed by atoms with E-state index in [2.05, 4.69) is 9.44 Å². The van der Waals surface area contributed by atoms with Crippen molar-refractivity contribution in [2.24, 2.45) is 0 Å². The molecule has 6 rings (SSSR count). The van der Waals surface area contributed by atoms with Crippen LogP contribution < -0.4 is 27.5 Å². The zero-order valence-electron chi connectivity index (χ0n) is 31.3. The van der Waals surface area contributed by atoms with E-state index in [1.54, 1.807) is 12.1 Å². The molecule has 2 aliphatic rings. The molecule has 0 aromatic heterocycles. The van der Waals surface area contributed by atoms with E-state index < -0.39 is 71.3 Å². The molecule has 4 aromatic rings. The summed E-state index contributed by atoms with van der Waals surface area (Å²) in [5, 5.41) is 29.4. The fourth-order valence-corrected chi connectivity index (χ4v) is 10.5. The highest BCUT2D eigenvalue weighted by molar-refractivity contribution is 7.92. The predicted molar refractivity (Wildman–Crippen MR) is 222 cm³/mol. The Balaban J connectivity index is 0.000000232. The number of carbonyl (C=O) groups excluding carboxylic acids is 2. The van der Waals surface area contributed by atoms with Crippen LogP contribution in [0.5, 0.6) is 11.5 Å². The van der Waals surface area contributed by atoms with Crippen LogP contribution in [0.15, 0.2) is 88.7 Å². The summed E-state index contributed by atoms with van der Waals surface area (Å²) in [7, 11) is -15.7. The van der Waals surface area contributed by atoms with Gasteiger partial charge in [0.15, 0.2) is 0 Å². The molecular formula is C35H36Cl2N6O14S4. The molecule has 2 aliphatic heterocycles. The van der Waals surface area contributed by atoms with Crippen LogP contribution >= 0.6 is 23.2 Å². The number of sulfonamides is 2. The van der Waals surface area contributed by atoms with Crippen LogP contribution in [0.1, 0.15) is 23.1 Å². The highest BCUT2D eigenvalue weighted by atomic mass is 35.5. The first-order valence-corrected chi connectivity index (χ1v) is 24.1. The van der Waals surface area contributed by atoms with Crippen molar-refractivity contribution >= 4 is 92.8 Å². The molecular weight excluding hydrogens is 928 g/mol. The molecule has 0 spiro atoms. The van der Waals surface area contributed by atoms with Gasteiger partial charge in [-0.3, -0.25) is 14.4 Å². The Hall–Kier alpha value is -5.21.